The number of pyridine rings is 1. The summed E-state index contributed by atoms with van der Waals surface area (Å²) in [7, 11) is 0. The largest absolute Gasteiger partial charge is 0.264 e. The molecule has 7 aromatic carbocycles. The molecule has 0 N–H and O–H groups in total. The van der Waals surface area contributed by atoms with Crippen molar-refractivity contribution in [2.45, 2.75) is 19.3 Å². The minimum Gasteiger partial charge on any atom is -0.264 e. The van der Waals surface area contributed by atoms with Gasteiger partial charge in [0.15, 0.2) is 5.82 Å². The van der Waals surface area contributed by atoms with E-state index in [9.17, 15) is 5.26 Å². The van der Waals surface area contributed by atoms with Gasteiger partial charge in [-0.15, -0.1) is 0 Å². The summed E-state index contributed by atoms with van der Waals surface area (Å²) in [4.78, 5) is 14.8. The van der Waals surface area contributed by atoms with E-state index in [1.54, 1.807) is 0 Å². The Labute approximate surface area is 332 Å². The van der Waals surface area contributed by atoms with Crippen LogP contribution >= 0.6 is 0 Å². The Bertz CT molecular complexity index is 3020. The van der Waals surface area contributed by atoms with Gasteiger partial charge in [-0.05, 0) is 122 Å². The normalized spacial score (nSPS) is 12.5. The first-order chi connectivity index (χ1) is 27.9. The molecule has 0 bridgehead atoms. The first-order valence-electron chi connectivity index (χ1n) is 19.2. The highest BCUT2D eigenvalue weighted by molar-refractivity contribution is 5.95. The van der Waals surface area contributed by atoms with Gasteiger partial charge >= 0.3 is 0 Å². The molecule has 0 radical (unpaired) electrons. The Balaban J connectivity index is 1.12. The fourth-order valence-electron chi connectivity index (χ4n) is 8.29. The summed E-state index contributed by atoms with van der Waals surface area (Å²) in [5.41, 5.74) is 16.9. The van der Waals surface area contributed by atoms with Gasteiger partial charge in [0.25, 0.3) is 0 Å². The molecule has 9 aromatic rings. The van der Waals surface area contributed by atoms with E-state index in [4.69, 9.17) is 9.97 Å². The van der Waals surface area contributed by atoms with Crippen molar-refractivity contribution in [3.05, 3.63) is 199 Å². The van der Waals surface area contributed by atoms with Crippen LogP contribution in [-0.2, 0) is 5.41 Å². The van der Waals surface area contributed by atoms with Gasteiger partial charge in [-0.2, -0.15) is 5.26 Å². The van der Waals surface area contributed by atoms with Gasteiger partial charge in [0.2, 0.25) is 0 Å². The molecule has 2 aromatic heterocycles. The zero-order chi connectivity index (χ0) is 38.5. The number of nitriles is 1. The molecule has 0 aliphatic heterocycles. The van der Waals surface area contributed by atoms with Gasteiger partial charge in [0, 0.05) is 40.1 Å². The first-order valence-corrected chi connectivity index (χ1v) is 19.2. The molecule has 2 heterocycles. The molecule has 57 heavy (non-hydrogen) atoms. The molecule has 1 aliphatic carbocycles. The van der Waals surface area contributed by atoms with Crippen molar-refractivity contribution in [1.82, 2.24) is 15.0 Å². The number of nitrogens with zero attached hydrogens (tertiary/aromatic N) is 4. The second-order valence-electron chi connectivity index (χ2n) is 15.3. The second kappa shape index (κ2) is 13.7. The lowest BCUT2D eigenvalue weighted by atomic mass is 9.81. The average molecular weight is 729 g/mol. The lowest BCUT2D eigenvalue weighted by Crippen LogP contribution is -2.15. The second-order valence-corrected chi connectivity index (χ2v) is 15.3. The quantitative estimate of drug-likeness (QED) is 0.171. The van der Waals surface area contributed by atoms with Crippen molar-refractivity contribution in [3.63, 3.8) is 0 Å². The van der Waals surface area contributed by atoms with Crippen LogP contribution in [0.5, 0.6) is 0 Å². The molecule has 1 aliphatic rings. The molecular formula is C53H36N4. The van der Waals surface area contributed by atoms with Crippen LogP contribution in [-0.4, -0.2) is 15.0 Å². The molecule has 268 valence electrons. The van der Waals surface area contributed by atoms with E-state index in [-0.39, 0.29) is 5.41 Å². The van der Waals surface area contributed by atoms with E-state index in [1.807, 2.05) is 54.9 Å². The van der Waals surface area contributed by atoms with E-state index in [1.165, 1.54) is 27.8 Å². The van der Waals surface area contributed by atoms with Crippen molar-refractivity contribution in [1.29, 1.82) is 5.26 Å². The molecule has 0 atom stereocenters. The van der Waals surface area contributed by atoms with Crippen molar-refractivity contribution >= 4 is 10.8 Å². The van der Waals surface area contributed by atoms with Crippen molar-refractivity contribution in [2.24, 2.45) is 0 Å². The monoisotopic (exact) mass is 728 g/mol. The predicted octanol–water partition coefficient (Wildman–Crippen LogP) is 13.2. The molecule has 0 spiro atoms. The summed E-state index contributed by atoms with van der Waals surface area (Å²) in [6.45, 7) is 4.63. The van der Waals surface area contributed by atoms with Crippen LogP contribution in [0.4, 0.5) is 0 Å². The summed E-state index contributed by atoms with van der Waals surface area (Å²) in [6, 6.07) is 61.9. The molecule has 4 nitrogen and oxygen atoms in total. The van der Waals surface area contributed by atoms with Crippen LogP contribution in [0.2, 0.25) is 0 Å². The average Bonchev–Trinajstić information content (AvgIpc) is 3.50. The Morgan fingerprint density at radius 2 is 1.05 bits per heavy atom. The summed E-state index contributed by atoms with van der Waals surface area (Å²) in [5.74, 6) is 0.676. The fraction of sp³-hybridized carbons (Fsp3) is 0.0566. The third kappa shape index (κ3) is 6.16. The highest BCUT2D eigenvalue weighted by Gasteiger charge is 2.36. The van der Waals surface area contributed by atoms with E-state index in [2.05, 4.69) is 152 Å². The third-order valence-corrected chi connectivity index (χ3v) is 11.4. The van der Waals surface area contributed by atoms with Crippen molar-refractivity contribution in [3.8, 4) is 84.5 Å². The zero-order valence-electron chi connectivity index (χ0n) is 31.6. The Morgan fingerprint density at radius 1 is 0.439 bits per heavy atom. The van der Waals surface area contributed by atoms with E-state index >= 15 is 0 Å². The SMILES string of the molecule is CC1(C)c2cc(-c3cc(-c4cccnc4)cc(-c4cc(-c5ccc(-c6ccccc6)cc5)nc(-c5ccccc5)n4)c3)ccc2-c2cc3cc(C#N)ccc3cc21. The van der Waals surface area contributed by atoms with Crippen LogP contribution in [0.1, 0.15) is 30.5 Å². The first kappa shape index (κ1) is 34.0. The van der Waals surface area contributed by atoms with Crippen molar-refractivity contribution in [2.75, 3.05) is 0 Å². The number of benzene rings is 7. The Hall–Kier alpha value is -7.48. The highest BCUT2D eigenvalue weighted by atomic mass is 14.9. The summed E-state index contributed by atoms with van der Waals surface area (Å²) in [5, 5.41) is 11.8. The molecule has 4 heteroatoms. The van der Waals surface area contributed by atoms with Gasteiger partial charge in [-0.1, -0.05) is 123 Å². The Kier molecular flexibility index (Phi) is 8.17. The van der Waals surface area contributed by atoms with Crippen LogP contribution in [0, 0.1) is 11.3 Å². The lowest BCUT2D eigenvalue weighted by molar-refractivity contribution is 0.661. The van der Waals surface area contributed by atoms with Gasteiger partial charge in [0.05, 0.1) is 23.0 Å². The number of hydrogen-bond donors (Lipinski definition) is 0. The summed E-state index contributed by atoms with van der Waals surface area (Å²) >= 11 is 0. The maximum atomic E-state index is 9.57. The molecular weight excluding hydrogens is 693 g/mol. The van der Waals surface area contributed by atoms with Crippen LogP contribution in [0.15, 0.2) is 182 Å². The van der Waals surface area contributed by atoms with E-state index in [0.717, 1.165) is 66.7 Å². The molecule has 0 saturated carbocycles. The van der Waals surface area contributed by atoms with E-state index < -0.39 is 0 Å². The Morgan fingerprint density at radius 3 is 1.77 bits per heavy atom. The smallest absolute Gasteiger partial charge is 0.160 e. The lowest BCUT2D eigenvalue weighted by Gasteiger charge is -2.22. The number of hydrogen-bond acceptors (Lipinski definition) is 4. The standard InChI is InChI=1S/C53H36N4/c1-53(2)48-29-40(21-22-46(48)47-28-42-24-34(32-54)15-16-39(42)30-49(47)53)43-25-44(41-14-9-23-55-33-41)27-45(26-43)51-31-50(56-52(57-51)38-12-7-4-8-13-38)37-19-17-36(18-20-37)35-10-5-3-6-11-35/h3-31,33H,1-2H3. The molecule has 0 saturated heterocycles. The molecule has 10 rings (SSSR count). The maximum Gasteiger partial charge on any atom is 0.160 e. The summed E-state index contributed by atoms with van der Waals surface area (Å²) < 4.78 is 0. The van der Waals surface area contributed by atoms with Gasteiger partial charge in [-0.3, -0.25) is 4.98 Å². The van der Waals surface area contributed by atoms with Gasteiger partial charge in [-0.25, -0.2) is 9.97 Å². The fourth-order valence-corrected chi connectivity index (χ4v) is 8.29. The van der Waals surface area contributed by atoms with Crippen molar-refractivity contribution < 1.29 is 0 Å². The zero-order valence-corrected chi connectivity index (χ0v) is 31.6. The number of fused-ring (bicyclic) bond motifs is 4. The van der Waals surface area contributed by atoms with Crippen LogP contribution < -0.4 is 0 Å². The number of rotatable bonds is 6. The molecule has 0 unspecified atom stereocenters. The van der Waals surface area contributed by atoms with E-state index in [0.29, 0.717) is 11.4 Å². The topological polar surface area (TPSA) is 62.5 Å². The van der Waals surface area contributed by atoms with Gasteiger partial charge < -0.3 is 0 Å². The van der Waals surface area contributed by atoms with Crippen LogP contribution in [0.3, 0.4) is 0 Å². The maximum absolute atomic E-state index is 9.57. The summed E-state index contributed by atoms with van der Waals surface area (Å²) in [6.07, 6.45) is 3.73. The minimum absolute atomic E-state index is 0.214. The molecule has 0 fully saturated rings. The van der Waals surface area contributed by atoms with Crippen LogP contribution in [0.25, 0.3) is 89.2 Å². The molecule has 0 amide bonds. The predicted molar refractivity (Wildman–Crippen MR) is 232 cm³/mol. The third-order valence-electron chi connectivity index (χ3n) is 11.4. The minimum atomic E-state index is -0.214. The van der Waals surface area contributed by atoms with Gasteiger partial charge in [0.1, 0.15) is 0 Å². The number of aromatic nitrogens is 3. The highest BCUT2D eigenvalue weighted by Crippen LogP contribution is 2.51.